The molecule has 0 fully saturated rings. The second kappa shape index (κ2) is 7.52. The molecular weight excluding hydrogens is 376 g/mol. The number of fused-ring (bicyclic) bond motifs is 1. The van der Waals surface area contributed by atoms with E-state index in [1.54, 1.807) is 31.3 Å². The van der Waals surface area contributed by atoms with Gasteiger partial charge in [-0.2, -0.15) is 0 Å². The average Bonchev–Trinajstić information content (AvgIpc) is 3.17. The zero-order chi connectivity index (χ0) is 18.7. The topological polar surface area (TPSA) is 108 Å². The summed E-state index contributed by atoms with van der Waals surface area (Å²) in [5.41, 5.74) is 1.42. The van der Waals surface area contributed by atoms with E-state index in [0.29, 0.717) is 17.5 Å². The summed E-state index contributed by atoms with van der Waals surface area (Å²) in [4.78, 5) is 29.7. The fraction of sp³-hybridized carbons (Fsp3) is 0.312. The SMILES string of the molecule is CNc1nc(CCNS(=O)(=O)CCN2C(=O)c3ccccc3C2=O)cs1. The van der Waals surface area contributed by atoms with Gasteiger partial charge in [0.2, 0.25) is 10.0 Å². The van der Waals surface area contributed by atoms with Gasteiger partial charge in [0, 0.05) is 31.9 Å². The van der Waals surface area contributed by atoms with Crippen molar-refractivity contribution in [2.75, 3.05) is 31.2 Å². The Morgan fingerprint density at radius 3 is 2.38 bits per heavy atom. The first kappa shape index (κ1) is 18.5. The van der Waals surface area contributed by atoms with Gasteiger partial charge in [-0.05, 0) is 12.1 Å². The number of benzene rings is 1. The Morgan fingerprint density at radius 2 is 1.81 bits per heavy atom. The van der Waals surface area contributed by atoms with Crippen LogP contribution in [0.25, 0.3) is 0 Å². The Bertz CT molecular complexity index is 904. The van der Waals surface area contributed by atoms with Crippen molar-refractivity contribution in [2.45, 2.75) is 6.42 Å². The Kier molecular flexibility index (Phi) is 5.35. The van der Waals surface area contributed by atoms with Gasteiger partial charge in [0.05, 0.1) is 22.6 Å². The molecule has 2 amide bonds. The molecule has 1 aromatic heterocycles. The number of rotatable bonds is 8. The highest BCUT2D eigenvalue weighted by atomic mass is 32.2. The number of hydrogen-bond donors (Lipinski definition) is 2. The molecule has 2 aromatic rings. The molecule has 0 saturated carbocycles. The molecule has 10 heteroatoms. The summed E-state index contributed by atoms with van der Waals surface area (Å²) in [6.45, 7) is 0.0274. The van der Waals surface area contributed by atoms with E-state index in [1.807, 2.05) is 5.38 Å². The lowest BCUT2D eigenvalue weighted by atomic mass is 10.1. The molecule has 1 aromatic carbocycles. The van der Waals surface area contributed by atoms with Crippen LogP contribution in [0.2, 0.25) is 0 Å². The van der Waals surface area contributed by atoms with Crippen LogP contribution in [0.4, 0.5) is 5.13 Å². The van der Waals surface area contributed by atoms with Crippen LogP contribution in [-0.2, 0) is 16.4 Å². The summed E-state index contributed by atoms with van der Waals surface area (Å²) in [5, 5.41) is 5.55. The van der Waals surface area contributed by atoms with Crippen LogP contribution in [0.1, 0.15) is 26.4 Å². The van der Waals surface area contributed by atoms with Crippen LogP contribution < -0.4 is 10.0 Å². The predicted octanol–water partition coefficient (Wildman–Crippen LogP) is 0.943. The minimum absolute atomic E-state index is 0.178. The first-order valence-electron chi connectivity index (χ1n) is 7.96. The molecule has 26 heavy (non-hydrogen) atoms. The maximum atomic E-state index is 12.2. The number of nitrogens with zero attached hydrogens (tertiary/aromatic N) is 2. The van der Waals surface area contributed by atoms with E-state index in [4.69, 9.17) is 0 Å². The van der Waals surface area contributed by atoms with Crippen molar-refractivity contribution < 1.29 is 18.0 Å². The van der Waals surface area contributed by atoms with Crippen molar-refractivity contribution in [1.82, 2.24) is 14.6 Å². The summed E-state index contributed by atoms with van der Waals surface area (Å²) in [6, 6.07) is 6.47. The molecule has 3 rings (SSSR count). The number of thiazole rings is 1. The molecule has 1 aliphatic rings. The quantitative estimate of drug-likeness (QED) is 0.645. The molecule has 2 heterocycles. The van der Waals surface area contributed by atoms with Crippen molar-refractivity contribution >= 4 is 38.3 Å². The molecule has 1 aliphatic heterocycles. The summed E-state index contributed by atoms with van der Waals surface area (Å²) in [7, 11) is -1.84. The van der Waals surface area contributed by atoms with E-state index >= 15 is 0 Å². The number of carbonyl (C=O) groups is 2. The maximum absolute atomic E-state index is 12.2. The predicted molar refractivity (Wildman–Crippen MR) is 99.0 cm³/mol. The second-order valence-corrected chi connectivity index (χ2v) is 8.45. The molecule has 0 atom stereocenters. The average molecular weight is 394 g/mol. The first-order chi connectivity index (χ1) is 12.4. The van der Waals surface area contributed by atoms with Gasteiger partial charge in [0.15, 0.2) is 5.13 Å². The zero-order valence-corrected chi connectivity index (χ0v) is 15.7. The third kappa shape index (κ3) is 3.92. The highest BCUT2D eigenvalue weighted by Gasteiger charge is 2.35. The van der Waals surface area contributed by atoms with E-state index in [9.17, 15) is 18.0 Å². The van der Waals surface area contributed by atoms with Crippen LogP contribution in [0.15, 0.2) is 29.6 Å². The van der Waals surface area contributed by atoms with Crippen molar-refractivity contribution in [3.63, 3.8) is 0 Å². The van der Waals surface area contributed by atoms with Gasteiger partial charge < -0.3 is 5.32 Å². The molecule has 138 valence electrons. The maximum Gasteiger partial charge on any atom is 0.261 e. The second-order valence-electron chi connectivity index (χ2n) is 5.66. The molecule has 0 aliphatic carbocycles. The molecule has 0 saturated heterocycles. The smallest absolute Gasteiger partial charge is 0.261 e. The molecule has 0 unspecified atom stereocenters. The monoisotopic (exact) mass is 394 g/mol. The zero-order valence-electron chi connectivity index (χ0n) is 14.1. The van der Waals surface area contributed by atoms with Crippen LogP contribution >= 0.6 is 11.3 Å². The van der Waals surface area contributed by atoms with E-state index in [1.165, 1.54) is 11.3 Å². The Hall–Kier alpha value is -2.30. The van der Waals surface area contributed by atoms with Crippen LogP contribution in [0, 0.1) is 0 Å². The first-order valence-corrected chi connectivity index (χ1v) is 10.5. The molecule has 0 spiro atoms. The number of sulfonamides is 1. The van der Waals surface area contributed by atoms with Crippen molar-refractivity contribution in [3.8, 4) is 0 Å². The number of amides is 2. The summed E-state index contributed by atoms with van der Waals surface area (Å²) in [5.74, 6) is -1.25. The number of anilines is 1. The van der Waals surface area contributed by atoms with Gasteiger partial charge in [0.1, 0.15) is 0 Å². The minimum Gasteiger partial charge on any atom is -0.365 e. The van der Waals surface area contributed by atoms with Crippen LogP contribution in [0.5, 0.6) is 0 Å². The lowest BCUT2D eigenvalue weighted by Crippen LogP contribution is -2.38. The van der Waals surface area contributed by atoms with Crippen molar-refractivity contribution in [1.29, 1.82) is 0 Å². The number of imide groups is 1. The third-order valence-electron chi connectivity index (χ3n) is 3.93. The summed E-state index contributed by atoms with van der Waals surface area (Å²) >= 11 is 1.45. The highest BCUT2D eigenvalue weighted by molar-refractivity contribution is 7.89. The fourth-order valence-electron chi connectivity index (χ4n) is 2.60. The largest absolute Gasteiger partial charge is 0.365 e. The standard InChI is InChI=1S/C16H18N4O4S2/c1-17-16-19-11(10-25-16)6-7-18-26(23,24)9-8-20-14(21)12-4-2-3-5-13(12)15(20)22/h2-5,10,18H,6-9H2,1H3,(H,17,19). The normalized spacial score (nSPS) is 14.0. The highest BCUT2D eigenvalue weighted by Crippen LogP contribution is 2.22. The van der Waals surface area contributed by atoms with E-state index in [0.717, 1.165) is 15.7 Å². The van der Waals surface area contributed by atoms with Gasteiger partial charge in [-0.15, -0.1) is 11.3 Å². The van der Waals surface area contributed by atoms with Gasteiger partial charge in [-0.1, -0.05) is 12.1 Å². The fourth-order valence-corrected chi connectivity index (χ4v) is 4.28. The number of hydrogen-bond acceptors (Lipinski definition) is 7. The molecular formula is C16H18N4O4S2. The molecule has 0 bridgehead atoms. The molecule has 2 N–H and O–H groups in total. The van der Waals surface area contributed by atoms with Crippen molar-refractivity contribution in [3.05, 3.63) is 46.5 Å². The number of carbonyl (C=O) groups excluding carboxylic acids is 2. The number of aromatic nitrogens is 1. The Labute approximate surface area is 155 Å². The van der Waals surface area contributed by atoms with Gasteiger partial charge >= 0.3 is 0 Å². The van der Waals surface area contributed by atoms with E-state index in [2.05, 4.69) is 15.0 Å². The lowest BCUT2D eigenvalue weighted by molar-refractivity contribution is 0.0664. The Balaban J connectivity index is 1.52. The summed E-state index contributed by atoms with van der Waals surface area (Å²) in [6.07, 6.45) is 0.463. The van der Waals surface area contributed by atoms with Crippen LogP contribution in [-0.4, -0.2) is 56.0 Å². The van der Waals surface area contributed by atoms with Crippen LogP contribution in [0.3, 0.4) is 0 Å². The third-order valence-corrected chi connectivity index (χ3v) is 6.20. The van der Waals surface area contributed by atoms with E-state index in [-0.39, 0.29) is 18.8 Å². The van der Waals surface area contributed by atoms with Gasteiger partial charge in [0.25, 0.3) is 11.8 Å². The van der Waals surface area contributed by atoms with Gasteiger partial charge in [-0.25, -0.2) is 18.1 Å². The minimum atomic E-state index is -3.61. The molecule has 8 nitrogen and oxygen atoms in total. The summed E-state index contributed by atoms with van der Waals surface area (Å²) < 4.78 is 26.7. The number of nitrogens with one attached hydrogen (secondary N) is 2. The van der Waals surface area contributed by atoms with E-state index < -0.39 is 21.8 Å². The lowest BCUT2D eigenvalue weighted by Gasteiger charge is -2.14. The van der Waals surface area contributed by atoms with Gasteiger partial charge in [-0.3, -0.25) is 14.5 Å². The van der Waals surface area contributed by atoms with Crippen molar-refractivity contribution in [2.24, 2.45) is 0 Å². The molecule has 0 radical (unpaired) electrons. The Morgan fingerprint density at radius 1 is 1.15 bits per heavy atom.